The van der Waals surface area contributed by atoms with Crippen molar-refractivity contribution in [2.75, 3.05) is 11.4 Å². The van der Waals surface area contributed by atoms with Crippen LogP contribution in [-0.2, 0) is 6.42 Å². The average Bonchev–Trinajstić information content (AvgIpc) is 2.68. The van der Waals surface area contributed by atoms with Crippen molar-refractivity contribution in [1.29, 1.82) is 0 Å². The molecule has 120 valence electrons. The van der Waals surface area contributed by atoms with Gasteiger partial charge in [-0.25, -0.2) is 4.98 Å². The summed E-state index contributed by atoms with van der Waals surface area (Å²) in [6.45, 7) is 0.977. The molecule has 2 heterocycles. The molecule has 3 heteroatoms. The molecule has 0 radical (unpaired) electrons. The number of aromatic nitrogens is 1. The van der Waals surface area contributed by atoms with E-state index in [1.165, 1.54) is 11.3 Å². The van der Waals surface area contributed by atoms with Crippen LogP contribution in [0.3, 0.4) is 0 Å². The highest BCUT2D eigenvalue weighted by molar-refractivity contribution is 5.65. The zero-order valence-electron chi connectivity index (χ0n) is 13.5. The molecule has 24 heavy (non-hydrogen) atoms. The molecule has 1 aliphatic heterocycles. The van der Waals surface area contributed by atoms with E-state index in [9.17, 15) is 5.11 Å². The highest BCUT2D eigenvalue weighted by Gasteiger charge is 2.19. The van der Waals surface area contributed by atoms with Crippen molar-refractivity contribution in [2.45, 2.75) is 18.9 Å². The van der Waals surface area contributed by atoms with Crippen molar-refractivity contribution in [1.82, 2.24) is 4.98 Å². The minimum atomic E-state index is -0.638. The molecule has 0 unspecified atom stereocenters. The summed E-state index contributed by atoms with van der Waals surface area (Å²) in [5.74, 6) is 0.936. The van der Waals surface area contributed by atoms with Crippen molar-refractivity contribution in [3.63, 3.8) is 0 Å². The second-order valence-corrected chi connectivity index (χ2v) is 6.15. The summed E-state index contributed by atoms with van der Waals surface area (Å²) in [6, 6.07) is 22.2. The fraction of sp³-hybridized carbons (Fsp3) is 0.190. The van der Waals surface area contributed by atoms with Gasteiger partial charge in [0, 0.05) is 24.0 Å². The van der Waals surface area contributed by atoms with Gasteiger partial charge in [-0.2, -0.15) is 0 Å². The van der Waals surface area contributed by atoms with Crippen LogP contribution in [-0.4, -0.2) is 16.6 Å². The number of benzene rings is 2. The summed E-state index contributed by atoms with van der Waals surface area (Å²) in [4.78, 5) is 6.88. The molecule has 4 rings (SSSR count). The summed E-state index contributed by atoms with van der Waals surface area (Å²) >= 11 is 0. The minimum absolute atomic E-state index is 0.638. The van der Waals surface area contributed by atoms with E-state index in [2.05, 4.69) is 34.1 Å². The lowest BCUT2D eigenvalue weighted by Crippen LogP contribution is -2.25. The van der Waals surface area contributed by atoms with E-state index in [0.29, 0.717) is 0 Å². The number of anilines is 2. The van der Waals surface area contributed by atoms with E-state index in [1.807, 2.05) is 42.5 Å². The van der Waals surface area contributed by atoms with Crippen LogP contribution in [0.15, 0.2) is 72.9 Å². The lowest BCUT2D eigenvalue weighted by molar-refractivity contribution is 0.220. The van der Waals surface area contributed by atoms with Gasteiger partial charge >= 0.3 is 0 Å². The van der Waals surface area contributed by atoms with Gasteiger partial charge in [-0.1, -0.05) is 54.6 Å². The van der Waals surface area contributed by atoms with Gasteiger partial charge in [0.2, 0.25) is 0 Å². The number of para-hydroxylation sites is 1. The Balaban J connectivity index is 1.61. The normalized spacial score (nSPS) is 15.0. The number of rotatable bonds is 3. The van der Waals surface area contributed by atoms with E-state index in [0.717, 1.165) is 36.3 Å². The number of pyridine rings is 1. The third-order valence-corrected chi connectivity index (χ3v) is 4.59. The number of nitrogens with zero attached hydrogens (tertiary/aromatic N) is 2. The molecule has 0 bridgehead atoms. The summed E-state index contributed by atoms with van der Waals surface area (Å²) in [7, 11) is 0. The number of fused-ring (bicyclic) bond motifs is 1. The summed E-state index contributed by atoms with van der Waals surface area (Å²) in [5.41, 5.74) is 4.32. The van der Waals surface area contributed by atoms with Crippen molar-refractivity contribution in [2.24, 2.45) is 0 Å². The first-order chi connectivity index (χ1) is 11.8. The van der Waals surface area contributed by atoms with Crippen molar-refractivity contribution >= 4 is 11.5 Å². The Labute approximate surface area is 142 Å². The molecular weight excluding hydrogens is 296 g/mol. The van der Waals surface area contributed by atoms with Crippen molar-refractivity contribution in [3.8, 4) is 0 Å². The van der Waals surface area contributed by atoms with Gasteiger partial charge in [0.25, 0.3) is 0 Å². The maximum absolute atomic E-state index is 10.5. The first kappa shape index (κ1) is 14.9. The van der Waals surface area contributed by atoms with Gasteiger partial charge in [-0.3, -0.25) is 0 Å². The molecule has 3 aromatic rings. The van der Waals surface area contributed by atoms with Crippen LogP contribution in [0.4, 0.5) is 11.5 Å². The monoisotopic (exact) mass is 316 g/mol. The minimum Gasteiger partial charge on any atom is -0.384 e. The van der Waals surface area contributed by atoms with Crippen LogP contribution in [0.1, 0.15) is 29.2 Å². The molecule has 0 aliphatic carbocycles. The molecule has 0 spiro atoms. The number of hydrogen-bond acceptors (Lipinski definition) is 3. The van der Waals surface area contributed by atoms with Gasteiger partial charge < -0.3 is 10.0 Å². The Morgan fingerprint density at radius 1 is 0.875 bits per heavy atom. The lowest BCUT2D eigenvalue weighted by atomic mass is 10.0. The fourth-order valence-corrected chi connectivity index (χ4v) is 3.32. The third-order valence-electron chi connectivity index (χ3n) is 4.59. The highest BCUT2D eigenvalue weighted by atomic mass is 16.3. The fourth-order valence-electron chi connectivity index (χ4n) is 3.32. The van der Waals surface area contributed by atoms with Gasteiger partial charge in [0.15, 0.2) is 0 Å². The molecule has 0 saturated carbocycles. The van der Waals surface area contributed by atoms with Crippen LogP contribution in [0.25, 0.3) is 0 Å². The molecule has 3 nitrogen and oxygen atoms in total. The smallest absolute Gasteiger partial charge is 0.132 e. The Morgan fingerprint density at radius 2 is 1.67 bits per heavy atom. The molecular formula is C21H20N2O. The second-order valence-electron chi connectivity index (χ2n) is 6.15. The topological polar surface area (TPSA) is 36.4 Å². The number of aliphatic hydroxyl groups excluding tert-OH is 1. The number of hydrogen-bond donors (Lipinski definition) is 1. The highest BCUT2D eigenvalue weighted by Crippen LogP contribution is 2.32. The van der Waals surface area contributed by atoms with Crippen LogP contribution < -0.4 is 4.90 Å². The summed E-state index contributed by atoms with van der Waals surface area (Å²) in [6.07, 6.45) is 3.40. The van der Waals surface area contributed by atoms with Crippen LogP contribution >= 0.6 is 0 Å². The molecule has 0 fully saturated rings. The lowest BCUT2D eigenvalue weighted by Gasteiger charge is -2.30. The molecule has 0 amide bonds. The van der Waals surface area contributed by atoms with E-state index in [4.69, 9.17) is 0 Å². The Kier molecular flexibility index (Phi) is 4.01. The summed E-state index contributed by atoms with van der Waals surface area (Å²) < 4.78 is 0. The predicted octanol–water partition coefficient (Wildman–Crippen LogP) is 4.25. The van der Waals surface area contributed by atoms with E-state index in [-0.39, 0.29) is 0 Å². The zero-order valence-corrected chi connectivity index (χ0v) is 13.5. The van der Waals surface area contributed by atoms with Crippen LogP contribution in [0.2, 0.25) is 0 Å². The molecule has 1 aliphatic rings. The Hall–Kier alpha value is -2.65. The molecule has 0 saturated heterocycles. The Bertz CT molecular complexity index is 815. The zero-order chi connectivity index (χ0) is 16.4. The second kappa shape index (κ2) is 6.46. The molecule has 1 atom stereocenters. The Morgan fingerprint density at radius 3 is 2.46 bits per heavy atom. The van der Waals surface area contributed by atoms with Gasteiger partial charge in [-0.15, -0.1) is 0 Å². The summed E-state index contributed by atoms with van der Waals surface area (Å²) in [5, 5.41) is 10.5. The average molecular weight is 316 g/mol. The van der Waals surface area contributed by atoms with E-state index < -0.39 is 6.10 Å². The largest absolute Gasteiger partial charge is 0.384 e. The first-order valence-electron chi connectivity index (χ1n) is 8.37. The standard InChI is InChI=1S/C21H20N2O/c24-21(17-8-2-1-3-9-17)18-12-13-20(22-15-18)23-14-6-10-16-7-4-5-11-19(16)23/h1-5,7-9,11-13,15,21,24H,6,10,14H2/t21-/m0/s1. The van der Waals surface area contributed by atoms with Crippen molar-refractivity contribution < 1.29 is 5.11 Å². The number of aliphatic hydroxyl groups is 1. The van der Waals surface area contributed by atoms with Gasteiger partial charge in [-0.05, 0) is 36.1 Å². The SMILES string of the molecule is O[C@@H](c1ccccc1)c1ccc(N2CCCc3ccccc32)nc1. The van der Waals surface area contributed by atoms with Crippen LogP contribution in [0.5, 0.6) is 0 Å². The van der Waals surface area contributed by atoms with Crippen molar-refractivity contribution in [3.05, 3.63) is 89.6 Å². The molecule has 2 aromatic carbocycles. The predicted molar refractivity (Wildman–Crippen MR) is 96.5 cm³/mol. The van der Waals surface area contributed by atoms with Gasteiger partial charge in [0.1, 0.15) is 11.9 Å². The quantitative estimate of drug-likeness (QED) is 0.785. The van der Waals surface area contributed by atoms with E-state index in [1.54, 1.807) is 6.20 Å². The number of aryl methyl sites for hydroxylation is 1. The third kappa shape index (κ3) is 2.79. The van der Waals surface area contributed by atoms with E-state index >= 15 is 0 Å². The molecule has 1 N–H and O–H groups in total. The van der Waals surface area contributed by atoms with Gasteiger partial charge in [0.05, 0.1) is 0 Å². The van der Waals surface area contributed by atoms with Crippen LogP contribution in [0, 0.1) is 0 Å². The maximum Gasteiger partial charge on any atom is 0.132 e. The molecule has 1 aromatic heterocycles. The first-order valence-corrected chi connectivity index (χ1v) is 8.37. The maximum atomic E-state index is 10.5.